The van der Waals surface area contributed by atoms with Crippen LogP contribution in [-0.4, -0.2) is 74.1 Å². The molecule has 9 heteroatoms. The zero-order chi connectivity index (χ0) is 24.6. The number of methoxy groups -OCH3 is 1. The molecule has 5 N–H and O–H groups in total. The first-order chi connectivity index (χ1) is 16.2. The van der Waals surface area contributed by atoms with Gasteiger partial charge in [0.15, 0.2) is 5.96 Å². The maximum atomic E-state index is 12.7. The van der Waals surface area contributed by atoms with E-state index in [2.05, 4.69) is 52.1 Å². The molecule has 0 aliphatic carbocycles. The van der Waals surface area contributed by atoms with E-state index in [4.69, 9.17) is 21.6 Å². The normalized spacial score (nSPS) is 28.4. The number of hydrogen-bond donors (Lipinski definition) is 3. The number of esters is 1. The van der Waals surface area contributed by atoms with Crippen LogP contribution in [0.2, 0.25) is 0 Å². The van der Waals surface area contributed by atoms with Crippen LogP contribution < -0.4 is 16.4 Å². The molecule has 34 heavy (non-hydrogen) atoms. The van der Waals surface area contributed by atoms with Crippen molar-refractivity contribution in [2.24, 2.45) is 21.9 Å². The Bertz CT molecular complexity index is 1020. The lowest BCUT2D eigenvalue weighted by atomic mass is 9.62. The first-order valence-corrected chi connectivity index (χ1v) is 12.0. The van der Waals surface area contributed by atoms with Gasteiger partial charge in [0.2, 0.25) is 5.96 Å². The van der Waals surface area contributed by atoms with Gasteiger partial charge >= 0.3 is 5.97 Å². The van der Waals surface area contributed by atoms with Crippen molar-refractivity contribution in [1.82, 2.24) is 9.80 Å². The molecule has 2 unspecified atom stereocenters. The summed E-state index contributed by atoms with van der Waals surface area (Å²) in [4.78, 5) is 22.7. The molecule has 0 saturated carbocycles. The van der Waals surface area contributed by atoms with E-state index >= 15 is 0 Å². The third-order valence-electron chi connectivity index (χ3n) is 7.82. The highest BCUT2D eigenvalue weighted by Crippen LogP contribution is 2.58. The summed E-state index contributed by atoms with van der Waals surface area (Å²) in [5.41, 5.74) is 13.5. The molecule has 4 aliphatic rings. The monoisotopic (exact) mass is 467 g/mol. The Morgan fingerprint density at radius 2 is 2.03 bits per heavy atom. The number of para-hydroxylation sites is 1. The number of carbonyl (C=O) groups excluding carboxylic acids is 1. The number of piperidine rings is 2. The minimum Gasteiger partial charge on any atom is -0.464 e. The van der Waals surface area contributed by atoms with Gasteiger partial charge in [0.1, 0.15) is 5.70 Å². The van der Waals surface area contributed by atoms with Gasteiger partial charge in [-0.15, -0.1) is 0 Å². The largest absolute Gasteiger partial charge is 0.464 e. The minimum atomic E-state index is -0.190. The average Bonchev–Trinajstić information content (AvgIpc) is 3.17. The van der Waals surface area contributed by atoms with Crippen molar-refractivity contribution in [3.05, 3.63) is 41.6 Å². The van der Waals surface area contributed by atoms with Crippen LogP contribution in [0, 0.1) is 10.8 Å². The van der Waals surface area contributed by atoms with Crippen molar-refractivity contribution in [1.29, 1.82) is 5.41 Å². The van der Waals surface area contributed by atoms with E-state index in [0.29, 0.717) is 18.0 Å². The highest BCUT2D eigenvalue weighted by Gasteiger charge is 2.59. The van der Waals surface area contributed by atoms with Crippen molar-refractivity contribution in [3.8, 4) is 0 Å². The van der Waals surface area contributed by atoms with Gasteiger partial charge in [-0.05, 0) is 56.5 Å². The van der Waals surface area contributed by atoms with E-state index in [1.54, 1.807) is 14.1 Å². The number of nitrogens with one attached hydrogen (secondary N) is 1. The van der Waals surface area contributed by atoms with Gasteiger partial charge in [-0.1, -0.05) is 25.1 Å². The van der Waals surface area contributed by atoms with Gasteiger partial charge in [0.25, 0.3) is 0 Å². The molecule has 5 rings (SSSR count). The molecule has 1 aromatic rings. The fourth-order valence-corrected chi connectivity index (χ4v) is 6.37. The van der Waals surface area contributed by atoms with Crippen LogP contribution in [0.5, 0.6) is 0 Å². The molecular formula is C25H37N7O2. The number of rotatable bonds is 2. The van der Waals surface area contributed by atoms with Gasteiger partial charge < -0.3 is 26.0 Å². The molecule has 184 valence electrons. The number of hydrogen-bond acceptors (Lipinski definition) is 5. The van der Waals surface area contributed by atoms with Gasteiger partial charge in [0.05, 0.1) is 13.2 Å². The lowest BCUT2D eigenvalue weighted by Gasteiger charge is -2.59. The molecule has 4 aliphatic heterocycles. The quantitative estimate of drug-likeness (QED) is 0.345. The smallest absolute Gasteiger partial charge is 0.354 e. The molecule has 0 amide bonds. The van der Waals surface area contributed by atoms with Crippen molar-refractivity contribution in [3.63, 3.8) is 0 Å². The van der Waals surface area contributed by atoms with Crippen LogP contribution in [0.4, 0.5) is 5.69 Å². The molecule has 2 saturated heterocycles. The van der Waals surface area contributed by atoms with Gasteiger partial charge in [0, 0.05) is 37.2 Å². The summed E-state index contributed by atoms with van der Waals surface area (Å²) in [6.45, 7) is 4.66. The number of carbonyl (C=O) groups is 1. The van der Waals surface area contributed by atoms with Gasteiger partial charge in [-0.25, -0.2) is 4.79 Å². The highest BCUT2D eigenvalue weighted by atomic mass is 16.5. The summed E-state index contributed by atoms with van der Waals surface area (Å²) in [5.74, 6) is 0.294. The van der Waals surface area contributed by atoms with E-state index in [-0.39, 0.29) is 23.3 Å². The Morgan fingerprint density at radius 3 is 2.65 bits per heavy atom. The lowest BCUT2D eigenvalue weighted by Crippen LogP contribution is -2.67. The summed E-state index contributed by atoms with van der Waals surface area (Å²) in [7, 11) is 4.88. The summed E-state index contributed by atoms with van der Waals surface area (Å²) >= 11 is 0. The minimum absolute atomic E-state index is 0.0509. The molecule has 4 atom stereocenters. The van der Waals surface area contributed by atoms with Gasteiger partial charge in [-0.2, -0.15) is 4.99 Å². The Labute approximate surface area is 201 Å². The Hall–Kier alpha value is -3.07. The molecular weight excluding hydrogens is 430 g/mol. The van der Waals surface area contributed by atoms with Crippen LogP contribution in [0.25, 0.3) is 0 Å². The molecule has 0 radical (unpaired) electrons. The second-order valence-electron chi connectivity index (χ2n) is 9.76. The van der Waals surface area contributed by atoms with E-state index in [1.165, 1.54) is 55.6 Å². The highest BCUT2D eigenvalue weighted by molar-refractivity contribution is 5.95. The molecule has 4 heterocycles. The third kappa shape index (κ3) is 3.91. The first-order valence-electron chi connectivity index (χ1n) is 12.0. The standard InChI is InChI=1S/C21H26N2O2.C4H11N5/c1-3-21-10-6-11-22-12-9-15-14-7-4-5-8-16(14)23(18(15)19(21)22)17(13-21)20(24)25-2;1-9(2)4(7)8-3(5)6/h4-5,7-8,13,15,18-19H,3,6,9-12H2,1-2H3;1-2H3,(H5,5,6,7,8)/t15?,18?,19-,21+;/m1./s1. The summed E-state index contributed by atoms with van der Waals surface area (Å²) in [5, 5.41) is 7.05. The number of anilines is 1. The number of benzene rings is 1. The maximum Gasteiger partial charge on any atom is 0.354 e. The van der Waals surface area contributed by atoms with E-state index in [0.717, 1.165) is 12.1 Å². The Morgan fingerprint density at radius 1 is 1.29 bits per heavy atom. The topological polar surface area (TPSA) is 124 Å². The summed E-state index contributed by atoms with van der Waals surface area (Å²) in [6, 6.07) is 9.54. The van der Waals surface area contributed by atoms with E-state index < -0.39 is 0 Å². The van der Waals surface area contributed by atoms with Crippen LogP contribution in [0.3, 0.4) is 0 Å². The molecule has 0 aromatic heterocycles. The summed E-state index contributed by atoms with van der Waals surface area (Å²) < 4.78 is 5.20. The molecule has 0 spiro atoms. The predicted octanol–water partition coefficient (Wildman–Crippen LogP) is 2.05. The number of fused-ring (bicyclic) bond motifs is 3. The first kappa shape index (κ1) is 24.1. The second-order valence-corrected chi connectivity index (χ2v) is 9.76. The molecule has 9 nitrogen and oxygen atoms in total. The second kappa shape index (κ2) is 9.29. The number of ether oxygens (including phenoxy) is 1. The average molecular weight is 468 g/mol. The zero-order valence-corrected chi connectivity index (χ0v) is 20.6. The number of nitrogens with zero attached hydrogens (tertiary/aromatic N) is 4. The zero-order valence-electron chi connectivity index (χ0n) is 20.6. The fourth-order valence-electron chi connectivity index (χ4n) is 6.37. The van der Waals surface area contributed by atoms with Crippen molar-refractivity contribution in [2.45, 2.75) is 50.6 Å². The van der Waals surface area contributed by atoms with Gasteiger partial charge in [-0.3, -0.25) is 10.3 Å². The maximum absolute atomic E-state index is 12.7. The van der Waals surface area contributed by atoms with Crippen LogP contribution >= 0.6 is 0 Å². The van der Waals surface area contributed by atoms with Crippen molar-refractivity contribution < 1.29 is 9.53 Å². The van der Waals surface area contributed by atoms with Crippen LogP contribution in [0.15, 0.2) is 41.0 Å². The van der Waals surface area contributed by atoms with Crippen LogP contribution in [-0.2, 0) is 9.53 Å². The third-order valence-corrected chi connectivity index (χ3v) is 7.82. The van der Waals surface area contributed by atoms with Crippen molar-refractivity contribution >= 4 is 23.6 Å². The lowest BCUT2D eigenvalue weighted by molar-refractivity contribution is -0.136. The molecule has 2 fully saturated rings. The van der Waals surface area contributed by atoms with E-state index in [1.807, 2.05) is 0 Å². The SMILES string of the molecule is CC[C@@]12C=C(C(=O)OC)N3c4ccccc4C4CCN(CCC1)[C@@H]2C43.CN(C)C(=N)N=C(N)N. The Kier molecular flexibility index (Phi) is 6.58. The predicted molar refractivity (Wildman–Crippen MR) is 135 cm³/mol. The molecule has 1 aromatic carbocycles. The number of guanidine groups is 2. The van der Waals surface area contributed by atoms with E-state index in [9.17, 15) is 4.79 Å². The van der Waals surface area contributed by atoms with Crippen LogP contribution in [0.1, 0.15) is 44.1 Å². The Balaban J connectivity index is 0.000000262. The fraction of sp³-hybridized carbons (Fsp3) is 0.560. The number of aliphatic imine (C=N–C) groups is 1. The van der Waals surface area contributed by atoms with Crippen molar-refractivity contribution in [2.75, 3.05) is 39.2 Å². The number of nitrogens with two attached hydrogens (primary N) is 2. The summed E-state index contributed by atoms with van der Waals surface area (Å²) in [6.07, 6.45) is 6.94. The molecule has 0 bridgehead atoms.